The Kier molecular flexibility index (Phi) is 3.46. The van der Waals surface area contributed by atoms with E-state index in [4.69, 9.17) is 5.11 Å². The van der Waals surface area contributed by atoms with Gasteiger partial charge in [0.15, 0.2) is 0 Å². The summed E-state index contributed by atoms with van der Waals surface area (Å²) in [5, 5.41) is 9.57. The number of aromatic nitrogens is 1. The molecule has 2 heterocycles. The number of carbonyl (C=O) groups is 1. The van der Waals surface area contributed by atoms with Gasteiger partial charge in [0.1, 0.15) is 4.90 Å². The van der Waals surface area contributed by atoms with Crippen molar-refractivity contribution >= 4 is 26.9 Å². The van der Waals surface area contributed by atoms with Crippen LogP contribution in [0.4, 0.5) is 0 Å². The first-order valence-corrected chi connectivity index (χ1v) is 8.24. The van der Waals surface area contributed by atoms with Crippen LogP contribution in [0, 0.1) is 0 Å². The second-order valence-electron chi connectivity index (χ2n) is 5.21. The van der Waals surface area contributed by atoms with E-state index in [2.05, 4.69) is 4.98 Å². The minimum atomic E-state index is -3.68. The van der Waals surface area contributed by atoms with E-state index in [0.29, 0.717) is 24.8 Å². The van der Waals surface area contributed by atoms with Crippen LogP contribution < -0.4 is 0 Å². The Bertz CT molecular complexity index is 781. The molecule has 1 atom stereocenters. The van der Waals surface area contributed by atoms with Gasteiger partial charge in [-0.3, -0.25) is 4.79 Å². The van der Waals surface area contributed by atoms with E-state index >= 15 is 0 Å². The number of hydrogen-bond acceptors (Lipinski definition) is 3. The molecule has 7 heteroatoms. The van der Waals surface area contributed by atoms with Crippen molar-refractivity contribution < 1.29 is 18.3 Å². The molecule has 1 aliphatic rings. The van der Waals surface area contributed by atoms with Crippen molar-refractivity contribution in [1.82, 2.24) is 9.29 Å². The Morgan fingerprint density at radius 2 is 2.14 bits per heavy atom. The van der Waals surface area contributed by atoms with Gasteiger partial charge in [0.25, 0.3) is 0 Å². The Morgan fingerprint density at radius 1 is 1.38 bits per heavy atom. The maximum atomic E-state index is 12.8. The predicted molar refractivity (Wildman–Crippen MR) is 77.5 cm³/mol. The molecule has 1 saturated heterocycles. The highest BCUT2D eigenvalue weighted by molar-refractivity contribution is 7.89. The molecule has 3 rings (SSSR count). The molecule has 0 radical (unpaired) electrons. The second kappa shape index (κ2) is 5.16. The molecule has 0 amide bonds. The fourth-order valence-corrected chi connectivity index (χ4v) is 4.77. The highest BCUT2D eigenvalue weighted by Crippen LogP contribution is 2.31. The standard InChI is InChI=1S/C14H16N2O4S/c17-14(18)8-10-4-3-7-16(10)21(19,20)13-9-15-12-6-2-1-5-11(12)13/h1-2,5-6,9-10,15H,3-4,7-8H2,(H,17,18)/t10-/m1/s1. The largest absolute Gasteiger partial charge is 0.481 e. The first-order valence-electron chi connectivity index (χ1n) is 6.80. The number of H-pyrrole nitrogens is 1. The van der Waals surface area contributed by atoms with Crippen LogP contribution in [0.5, 0.6) is 0 Å². The van der Waals surface area contributed by atoms with E-state index in [1.807, 2.05) is 12.1 Å². The third-order valence-corrected chi connectivity index (χ3v) is 5.86. The van der Waals surface area contributed by atoms with Gasteiger partial charge in [-0.25, -0.2) is 8.42 Å². The number of nitrogens with one attached hydrogen (secondary N) is 1. The summed E-state index contributed by atoms with van der Waals surface area (Å²) in [6, 6.07) is 6.72. The summed E-state index contributed by atoms with van der Waals surface area (Å²) in [6.07, 6.45) is 2.62. The SMILES string of the molecule is O=C(O)C[C@H]1CCCN1S(=O)(=O)c1c[nH]c2ccccc12. The van der Waals surface area contributed by atoms with E-state index < -0.39 is 22.0 Å². The van der Waals surface area contributed by atoms with Crippen molar-refractivity contribution in [3.8, 4) is 0 Å². The van der Waals surface area contributed by atoms with Gasteiger partial charge in [-0.1, -0.05) is 18.2 Å². The number of carboxylic acid groups (broad SMARTS) is 1. The Hall–Kier alpha value is -1.86. The fraction of sp³-hybridized carbons (Fsp3) is 0.357. The summed E-state index contributed by atoms with van der Waals surface area (Å²) < 4.78 is 27.0. The van der Waals surface area contributed by atoms with Crippen LogP contribution in [0.1, 0.15) is 19.3 Å². The van der Waals surface area contributed by atoms with Gasteiger partial charge in [-0.15, -0.1) is 0 Å². The summed E-state index contributed by atoms with van der Waals surface area (Å²) in [6.45, 7) is 0.375. The molecule has 0 saturated carbocycles. The van der Waals surface area contributed by atoms with Crippen molar-refractivity contribution in [1.29, 1.82) is 0 Å². The van der Waals surface area contributed by atoms with Gasteiger partial charge >= 0.3 is 5.97 Å². The van der Waals surface area contributed by atoms with Crippen LogP contribution in [-0.2, 0) is 14.8 Å². The molecule has 1 aliphatic heterocycles. The Balaban J connectivity index is 2.02. The molecule has 0 bridgehead atoms. The van der Waals surface area contributed by atoms with Crippen molar-refractivity contribution in [3.05, 3.63) is 30.5 Å². The Morgan fingerprint density at radius 3 is 2.90 bits per heavy atom. The van der Waals surface area contributed by atoms with Crippen LogP contribution in [0.2, 0.25) is 0 Å². The monoisotopic (exact) mass is 308 g/mol. The normalized spacial score (nSPS) is 20.1. The van der Waals surface area contributed by atoms with Crippen molar-refractivity contribution in [2.24, 2.45) is 0 Å². The summed E-state index contributed by atoms with van der Waals surface area (Å²) >= 11 is 0. The summed E-state index contributed by atoms with van der Waals surface area (Å²) in [5.74, 6) is -0.971. The summed E-state index contributed by atoms with van der Waals surface area (Å²) in [5.41, 5.74) is 0.755. The van der Waals surface area contributed by atoms with E-state index in [0.717, 1.165) is 5.52 Å². The van der Waals surface area contributed by atoms with Crippen molar-refractivity contribution in [3.63, 3.8) is 0 Å². The van der Waals surface area contributed by atoms with Crippen LogP contribution in [-0.4, -0.2) is 41.4 Å². The van der Waals surface area contributed by atoms with Gasteiger partial charge < -0.3 is 10.1 Å². The molecule has 1 aromatic carbocycles. The second-order valence-corrected chi connectivity index (χ2v) is 7.07. The smallest absolute Gasteiger partial charge is 0.304 e. The number of carboxylic acids is 1. The minimum Gasteiger partial charge on any atom is -0.481 e. The number of benzene rings is 1. The van der Waals surface area contributed by atoms with E-state index in [-0.39, 0.29) is 11.3 Å². The zero-order valence-electron chi connectivity index (χ0n) is 11.3. The van der Waals surface area contributed by atoms with Crippen LogP contribution >= 0.6 is 0 Å². The lowest BCUT2D eigenvalue weighted by Crippen LogP contribution is -2.36. The lowest BCUT2D eigenvalue weighted by molar-refractivity contribution is -0.137. The Labute approximate surface area is 122 Å². The lowest BCUT2D eigenvalue weighted by Gasteiger charge is -2.22. The van der Waals surface area contributed by atoms with Crippen LogP contribution in [0.15, 0.2) is 35.4 Å². The lowest BCUT2D eigenvalue weighted by atomic mass is 10.2. The maximum absolute atomic E-state index is 12.8. The minimum absolute atomic E-state index is 0.151. The van der Waals surface area contributed by atoms with Gasteiger partial charge in [-0.2, -0.15) is 4.31 Å². The molecule has 2 aromatic rings. The van der Waals surface area contributed by atoms with Gasteiger partial charge in [0.05, 0.1) is 6.42 Å². The van der Waals surface area contributed by atoms with Crippen LogP contribution in [0.3, 0.4) is 0 Å². The molecule has 0 aliphatic carbocycles. The number of sulfonamides is 1. The number of hydrogen-bond donors (Lipinski definition) is 2. The van der Waals surface area contributed by atoms with Crippen LogP contribution in [0.25, 0.3) is 10.9 Å². The molecule has 0 spiro atoms. The first kappa shape index (κ1) is 14.1. The molecule has 6 nitrogen and oxygen atoms in total. The molecule has 1 aromatic heterocycles. The maximum Gasteiger partial charge on any atom is 0.304 e. The zero-order valence-corrected chi connectivity index (χ0v) is 12.1. The highest BCUT2D eigenvalue weighted by Gasteiger charge is 2.37. The quantitative estimate of drug-likeness (QED) is 0.901. The molecule has 21 heavy (non-hydrogen) atoms. The number of fused-ring (bicyclic) bond motifs is 1. The summed E-state index contributed by atoms with van der Waals surface area (Å²) in [4.78, 5) is 14.1. The van der Waals surface area contributed by atoms with Crippen molar-refractivity contribution in [2.45, 2.75) is 30.2 Å². The highest BCUT2D eigenvalue weighted by atomic mass is 32.2. The third-order valence-electron chi connectivity index (χ3n) is 3.87. The third kappa shape index (κ3) is 2.43. The van der Waals surface area contributed by atoms with E-state index in [9.17, 15) is 13.2 Å². The van der Waals surface area contributed by atoms with Gasteiger partial charge in [0.2, 0.25) is 10.0 Å². The molecule has 0 unspecified atom stereocenters. The molecule has 2 N–H and O–H groups in total. The molecule has 1 fully saturated rings. The number of aromatic amines is 1. The zero-order chi connectivity index (χ0) is 15.0. The first-order chi connectivity index (χ1) is 10.00. The number of aliphatic carboxylic acids is 1. The van der Waals surface area contributed by atoms with E-state index in [1.165, 1.54) is 10.5 Å². The van der Waals surface area contributed by atoms with Gasteiger partial charge in [-0.05, 0) is 18.9 Å². The number of para-hydroxylation sites is 1. The average molecular weight is 308 g/mol. The number of nitrogens with zero attached hydrogens (tertiary/aromatic N) is 1. The van der Waals surface area contributed by atoms with E-state index in [1.54, 1.807) is 12.1 Å². The topological polar surface area (TPSA) is 90.5 Å². The summed E-state index contributed by atoms with van der Waals surface area (Å²) in [7, 11) is -3.68. The predicted octanol–water partition coefficient (Wildman–Crippen LogP) is 1.80. The van der Waals surface area contributed by atoms with Gasteiger partial charge in [0, 0.05) is 29.7 Å². The molecular formula is C14H16N2O4S. The molecule has 112 valence electrons. The number of rotatable bonds is 4. The average Bonchev–Trinajstić information content (AvgIpc) is 3.04. The van der Waals surface area contributed by atoms with Crippen molar-refractivity contribution in [2.75, 3.05) is 6.54 Å². The molecular weight excluding hydrogens is 292 g/mol. The fourth-order valence-electron chi connectivity index (χ4n) is 2.92.